The smallest absolute Gasteiger partial charge is 0.310 e. The second-order valence-electron chi connectivity index (χ2n) is 11.1. The maximum Gasteiger partial charge on any atom is 0.310 e. The van der Waals surface area contributed by atoms with Crippen LogP contribution in [0, 0.1) is 11.8 Å². The number of rotatable bonds is 7. The van der Waals surface area contributed by atoms with E-state index in [1.807, 2.05) is 0 Å². The summed E-state index contributed by atoms with van der Waals surface area (Å²) in [6.07, 6.45) is 2.61. The van der Waals surface area contributed by atoms with E-state index < -0.39 is 63.3 Å². The Labute approximate surface area is 226 Å². The molecule has 2 saturated carbocycles. The number of alkyl halides is 2. The van der Waals surface area contributed by atoms with Gasteiger partial charge in [0.1, 0.15) is 4.90 Å². The summed E-state index contributed by atoms with van der Waals surface area (Å²) in [5.74, 6) is -4.03. The standard InChI is InChI=1S/C26H29F7N4O2S/c1-25(17-3-2-12-34-15-17,24(39)36-18-8-10-26(27,28)11-9-18)37(23(38)22-21-13-16(21)14-35-22)19-4-6-20(7-5-19)40(29,30,31,32)33/h2-7,12,15-16,18,21-22,35H,8-11,13-14H2,1H3,(H,36,39). The van der Waals surface area contributed by atoms with Gasteiger partial charge in [-0.2, -0.15) is 0 Å². The fourth-order valence-electron chi connectivity index (χ4n) is 5.73. The third-order valence-electron chi connectivity index (χ3n) is 8.20. The molecule has 0 spiro atoms. The summed E-state index contributed by atoms with van der Waals surface area (Å²) in [6.45, 7) is 1.93. The van der Waals surface area contributed by atoms with Crippen molar-refractivity contribution in [1.82, 2.24) is 15.6 Å². The zero-order valence-electron chi connectivity index (χ0n) is 21.4. The van der Waals surface area contributed by atoms with Gasteiger partial charge in [-0.3, -0.25) is 19.5 Å². The molecule has 6 nitrogen and oxygen atoms in total. The molecule has 5 rings (SSSR count). The Morgan fingerprint density at radius 1 is 1.07 bits per heavy atom. The molecule has 1 aliphatic heterocycles. The topological polar surface area (TPSA) is 74.3 Å². The van der Waals surface area contributed by atoms with Crippen molar-refractivity contribution in [1.29, 1.82) is 0 Å². The van der Waals surface area contributed by atoms with Crippen molar-refractivity contribution in [3.05, 3.63) is 54.4 Å². The highest BCUT2D eigenvalue weighted by Crippen LogP contribution is 3.02. The number of amides is 2. The van der Waals surface area contributed by atoms with Crippen LogP contribution < -0.4 is 15.5 Å². The Morgan fingerprint density at radius 3 is 2.23 bits per heavy atom. The van der Waals surface area contributed by atoms with Crippen molar-refractivity contribution in [3.8, 4) is 0 Å². The van der Waals surface area contributed by atoms with Crippen molar-refractivity contribution in [2.24, 2.45) is 11.8 Å². The SMILES string of the molecule is CC(C(=O)NC1CCC(F)(F)CC1)(c1cccnc1)N(C(=O)C1NCC2CC21)c1ccc(S(F)(F)(F)(F)F)cc1. The lowest BCUT2D eigenvalue weighted by Crippen LogP contribution is -2.62. The molecule has 1 aromatic heterocycles. The molecule has 3 fully saturated rings. The van der Waals surface area contributed by atoms with Gasteiger partial charge >= 0.3 is 10.2 Å². The van der Waals surface area contributed by atoms with Gasteiger partial charge in [0, 0.05) is 42.5 Å². The van der Waals surface area contributed by atoms with Crippen molar-refractivity contribution in [2.75, 3.05) is 11.4 Å². The summed E-state index contributed by atoms with van der Waals surface area (Å²) in [5.41, 5.74) is -1.93. The molecule has 2 N–H and O–H groups in total. The van der Waals surface area contributed by atoms with E-state index in [1.54, 1.807) is 0 Å². The van der Waals surface area contributed by atoms with Gasteiger partial charge < -0.3 is 10.6 Å². The van der Waals surface area contributed by atoms with E-state index in [4.69, 9.17) is 0 Å². The van der Waals surface area contributed by atoms with Gasteiger partial charge in [0.25, 0.3) is 5.91 Å². The maximum absolute atomic E-state index is 14.1. The second kappa shape index (κ2) is 8.81. The highest BCUT2D eigenvalue weighted by molar-refractivity contribution is 8.45. The van der Waals surface area contributed by atoms with Crippen LogP contribution in [0.5, 0.6) is 0 Å². The minimum Gasteiger partial charge on any atom is -0.351 e. The van der Waals surface area contributed by atoms with Gasteiger partial charge in [0.15, 0.2) is 5.54 Å². The molecule has 3 aliphatic rings. The Balaban J connectivity index is 1.58. The quantitative estimate of drug-likeness (QED) is 0.370. The number of hydrogen-bond donors (Lipinski definition) is 2. The van der Waals surface area contributed by atoms with Crippen LogP contribution >= 0.6 is 10.2 Å². The van der Waals surface area contributed by atoms with Gasteiger partial charge in [-0.05, 0) is 74.9 Å². The molecular formula is C26H29F7N4O2S. The zero-order valence-corrected chi connectivity index (χ0v) is 22.3. The van der Waals surface area contributed by atoms with Crippen LogP contribution in [0.4, 0.5) is 33.9 Å². The predicted molar refractivity (Wildman–Crippen MR) is 136 cm³/mol. The molecule has 4 unspecified atom stereocenters. The van der Waals surface area contributed by atoms with Crippen LogP contribution in [0.15, 0.2) is 53.7 Å². The molecule has 0 radical (unpaired) electrons. The van der Waals surface area contributed by atoms with E-state index in [0.717, 1.165) is 23.5 Å². The number of carbonyl (C=O) groups excluding carboxylic acids is 2. The second-order valence-corrected chi connectivity index (χ2v) is 13.5. The average molecular weight is 595 g/mol. The molecule has 2 aromatic rings. The lowest BCUT2D eigenvalue weighted by atomic mass is 9.86. The van der Waals surface area contributed by atoms with Gasteiger partial charge in [-0.1, -0.05) is 25.5 Å². The van der Waals surface area contributed by atoms with Crippen molar-refractivity contribution in [2.45, 2.75) is 67.5 Å². The molecule has 40 heavy (non-hydrogen) atoms. The van der Waals surface area contributed by atoms with E-state index in [0.29, 0.717) is 6.54 Å². The number of aromatic nitrogens is 1. The molecule has 1 aromatic carbocycles. The lowest BCUT2D eigenvalue weighted by molar-refractivity contribution is -0.132. The normalized spacial score (nSPS) is 27.4. The first-order valence-electron chi connectivity index (χ1n) is 12.9. The molecule has 220 valence electrons. The monoisotopic (exact) mass is 594 g/mol. The number of nitrogens with zero attached hydrogens (tertiary/aromatic N) is 2. The van der Waals surface area contributed by atoms with Crippen LogP contribution in [0.2, 0.25) is 0 Å². The maximum atomic E-state index is 14.1. The number of pyridine rings is 1. The Kier molecular flexibility index (Phi) is 6.31. The fraction of sp³-hybridized carbons (Fsp3) is 0.500. The summed E-state index contributed by atoms with van der Waals surface area (Å²) in [4.78, 5) is 31.0. The average Bonchev–Trinajstić information content (AvgIpc) is 3.53. The van der Waals surface area contributed by atoms with Gasteiger partial charge in [-0.25, -0.2) is 8.78 Å². The summed E-state index contributed by atoms with van der Waals surface area (Å²) < 4.78 is 94.8. The van der Waals surface area contributed by atoms with Crippen LogP contribution in [0.1, 0.15) is 44.6 Å². The first-order chi connectivity index (χ1) is 18.4. The third kappa shape index (κ3) is 5.52. The minimum absolute atomic E-state index is 0.0116. The Hall–Kier alpha value is -2.87. The molecule has 4 atom stereocenters. The molecule has 2 heterocycles. The minimum atomic E-state index is -10.0. The highest BCUT2D eigenvalue weighted by Gasteiger charge is 2.65. The van der Waals surface area contributed by atoms with Crippen LogP contribution in [0.25, 0.3) is 0 Å². The Morgan fingerprint density at radius 2 is 1.73 bits per heavy atom. The largest absolute Gasteiger partial charge is 0.351 e. The summed E-state index contributed by atoms with van der Waals surface area (Å²) in [5, 5.41) is 5.84. The van der Waals surface area contributed by atoms with E-state index in [1.165, 1.54) is 31.5 Å². The van der Waals surface area contributed by atoms with E-state index in [-0.39, 0.29) is 48.1 Å². The molecule has 1 saturated heterocycles. The molecule has 14 heteroatoms. The number of halogens is 7. The first kappa shape index (κ1) is 28.7. The van der Waals surface area contributed by atoms with E-state index >= 15 is 0 Å². The number of hydrogen-bond acceptors (Lipinski definition) is 4. The summed E-state index contributed by atoms with van der Waals surface area (Å²) in [7, 11) is -10.0. The predicted octanol–water partition coefficient (Wildman–Crippen LogP) is 6.29. The van der Waals surface area contributed by atoms with Crippen molar-refractivity contribution >= 4 is 27.7 Å². The Bertz CT molecular complexity index is 1300. The summed E-state index contributed by atoms with van der Waals surface area (Å²) >= 11 is 0. The molecule has 0 bridgehead atoms. The van der Waals surface area contributed by atoms with Gasteiger partial charge in [0.2, 0.25) is 11.8 Å². The lowest BCUT2D eigenvalue weighted by Gasteiger charge is -2.43. The van der Waals surface area contributed by atoms with Gasteiger partial charge in [0.05, 0.1) is 6.04 Å². The van der Waals surface area contributed by atoms with Crippen LogP contribution in [0.3, 0.4) is 0 Å². The highest BCUT2D eigenvalue weighted by atomic mass is 32.5. The van der Waals surface area contributed by atoms with Crippen molar-refractivity contribution < 1.29 is 37.8 Å². The number of fused-ring (bicyclic) bond motifs is 1. The number of nitrogens with one attached hydrogen (secondary N) is 2. The molecule has 2 aliphatic carbocycles. The number of benzene rings is 1. The number of piperidine rings is 1. The van der Waals surface area contributed by atoms with Crippen LogP contribution in [-0.2, 0) is 15.1 Å². The van der Waals surface area contributed by atoms with E-state index in [9.17, 15) is 37.8 Å². The third-order valence-corrected chi connectivity index (χ3v) is 9.36. The van der Waals surface area contributed by atoms with Gasteiger partial charge in [-0.15, -0.1) is 0 Å². The molecule has 2 amide bonds. The zero-order chi connectivity index (χ0) is 29.2. The summed E-state index contributed by atoms with van der Waals surface area (Å²) in [6, 6.07) is 3.51. The molecular weight excluding hydrogens is 565 g/mol. The fourth-order valence-corrected chi connectivity index (χ4v) is 6.38. The first-order valence-corrected chi connectivity index (χ1v) is 14.9. The number of carbonyl (C=O) groups is 2. The van der Waals surface area contributed by atoms with Crippen molar-refractivity contribution in [3.63, 3.8) is 0 Å². The van der Waals surface area contributed by atoms with E-state index in [2.05, 4.69) is 15.6 Å². The van der Waals surface area contributed by atoms with Crippen LogP contribution in [-0.4, -0.2) is 41.3 Å². The number of anilines is 1.